The Morgan fingerprint density at radius 3 is 2.50 bits per heavy atom. The van der Waals surface area contributed by atoms with E-state index in [1.807, 2.05) is 19.1 Å². The molecule has 0 saturated carbocycles. The van der Waals surface area contributed by atoms with Gasteiger partial charge in [-0.15, -0.1) is 0 Å². The molecule has 2 rings (SSSR count). The van der Waals surface area contributed by atoms with Crippen LogP contribution in [0.5, 0.6) is 5.75 Å². The van der Waals surface area contributed by atoms with Gasteiger partial charge in [0.1, 0.15) is 18.2 Å². The number of aryl methyl sites for hydroxylation is 2. The number of halogens is 1. The Morgan fingerprint density at radius 1 is 1.10 bits per heavy atom. The first-order valence-electron chi connectivity index (χ1n) is 6.64. The molecule has 0 amide bonds. The van der Waals surface area contributed by atoms with E-state index in [0.29, 0.717) is 17.9 Å². The van der Waals surface area contributed by atoms with Gasteiger partial charge in [-0.3, -0.25) is 0 Å². The molecule has 1 atom stereocenters. The van der Waals surface area contributed by atoms with Crippen LogP contribution in [0.15, 0.2) is 36.4 Å². The third kappa shape index (κ3) is 3.36. The molecular weight excluding hydrogens is 255 g/mol. The SMILES string of the molecule is Cc1ccc(COc2cc(F)ccc2[C@H](C)O)cc1C. The summed E-state index contributed by atoms with van der Waals surface area (Å²) < 4.78 is 19.0. The quantitative estimate of drug-likeness (QED) is 0.910. The van der Waals surface area contributed by atoms with Gasteiger partial charge < -0.3 is 9.84 Å². The molecule has 0 aliphatic rings. The zero-order chi connectivity index (χ0) is 14.7. The van der Waals surface area contributed by atoms with E-state index >= 15 is 0 Å². The number of ether oxygens (including phenoxy) is 1. The van der Waals surface area contributed by atoms with E-state index < -0.39 is 6.10 Å². The standard InChI is InChI=1S/C17H19FO2/c1-11-4-5-14(8-12(11)2)10-20-17-9-15(18)6-7-16(17)13(3)19/h4-9,13,19H,10H2,1-3H3/t13-/m0/s1. The summed E-state index contributed by atoms with van der Waals surface area (Å²) in [5.41, 5.74) is 4.04. The number of benzene rings is 2. The summed E-state index contributed by atoms with van der Waals surface area (Å²) in [5.74, 6) is 0.0164. The van der Waals surface area contributed by atoms with Gasteiger partial charge in [0.05, 0.1) is 6.10 Å². The summed E-state index contributed by atoms with van der Waals surface area (Å²) in [4.78, 5) is 0. The molecule has 106 valence electrons. The maximum atomic E-state index is 13.3. The summed E-state index contributed by atoms with van der Waals surface area (Å²) in [6, 6.07) is 10.3. The number of hydrogen-bond donors (Lipinski definition) is 1. The van der Waals surface area contributed by atoms with E-state index in [2.05, 4.69) is 13.0 Å². The van der Waals surface area contributed by atoms with Crippen molar-refractivity contribution in [1.82, 2.24) is 0 Å². The highest BCUT2D eigenvalue weighted by Gasteiger charge is 2.10. The molecule has 0 aliphatic carbocycles. The fraction of sp³-hybridized carbons (Fsp3) is 0.294. The maximum Gasteiger partial charge on any atom is 0.128 e. The van der Waals surface area contributed by atoms with Crippen LogP contribution >= 0.6 is 0 Å². The third-order valence-corrected chi connectivity index (χ3v) is 3.39. The van der Waals surface area contributed by atoms with Crippen LogP contribution in [-0.2, 0) is 6.61 Å². The lowest BCUT2D eigenvalue weighted by Crippen LogP contribution is -2.02. The molecule has 0 unspecified atom stereocenters. The maximum absolute atomic E-state index is 13.3. The molecule has 0 spiro atoms. The summed E-state index contributed by atoms with van der Waals surface area (Å²) in [7, 11) is 0. The highest BCUT2D eigenvalue weighted by molar-refractivity contribution is 5.36. The van der Waals surface area contributed by atoms with Crippen molar-refractivity contribution < 1.29 is 14.2 Å². The van der Waals surface area contributed by atoms with Crippen LogP contribution in [-0.4, -0.2) is 5.11 Å². The van der Waals surface area contributed by atoms with Gasteiger partial charge >= 0.3 is 0 Å². The molecular formula is C17H19FO2. The van der Waals surface area contributed by atoms with Gasteiger partial charge in [-0.2, -0.15) is 0 Å². The van der Waals surface area contributed by atoms with Crippen LogP contribution in [0.1, 0.15) is 35.3 Å². The van der Waals surface area contributed by atoms with E-state index in [9.17, 15) is 9.50 Å². The molecule has 0 aliphatic heterocycles. The summed E-state index contributed by atoms with van der Waals surface area (Å²) >= 11 is 0. The first-order chi connectivity index (χ1) is 9.47. The second kappa shape index (κ2) is 6.06. The lowest BCUT2D eigenvalue weighted by atomic mass is 10.1. The second-order valence-electron chi connectivity index (χ2n) is 5.07. The molecule has 2 aromatic rings. The summed E-state index contributed by atoms with van der Waals surface area (Å²) in [5, 5.41) is 9.67. The summed E-state index contributed by atoms with van der Waals surface area (Å²) in [6.45, 7) is 6.08. The molecule has 0 fully saturated rings. The molecule has 0 saturated heterocycles. The van der Waals surface area contributed by atoms with Gasteiger partial charge in [0.15, 0.2) is 0 Å². The highest BCUT2D eigenvalue weighted by atomic mass is 19.1. The minimum atomic E-state index is -0.689. The zero-order valence-corrected chi connectivity index (χ0v) is 12.0. The van der Waals surface area contributed by atoms with E-state index in [-0.39, 0.29) is 5.82 Å². The molecule has 0 heterocycles. The minimum Gasteiger partial charge on any atom is -0.488 e. The molecule has 1 N–H and O–H groups in total. The topological polar surface area (TPSA) is 29.5 Å². The molecule has 0 aromatic heterocycles. The average molecular weight is 274 g/mol. The predicted octanol–water partition coefficient (Wildman–Crippen LogP) is 4.07. The number of aliphatic hydroxyl groups is 1. The van der Waals surface area contributed by atoms with Crippen LogP contribution in [0.4, 0.5) is 4.39 Å². The van der Waals surface area contributed by atoms with Crippen LogP contribution in [0, 0.1) is 19.7 Å². The van der Waals surface area contributed by atoms with Gasteiger partial charge in [-0.1, -0.05) is 18.2 Å². The van der Waals surface area contributed by atoms with Crippen molar-refractivity contribution >= 4 is 0 Å². The van der Waals surface area contributed by atoms with E-state index in [4.69, 9.17) is 4.74 Å². The lowest BCUT2D eigenvalue weighted by Gasteiger charge is -2.14. The Balaban J connectivity index is 2.17. The fourth-order valence-electron chi connectivity index (χ4n) is 2.03. The van der Waals surface area contributed by atoms with Crippen molar-refractivity contribution in [3.8, 4) is 5.75 Å². The fourth-order valence-corrected chi connectivity index (χ4v) is 2.03. The van der Waals surface area contributed by atoms with Gasteiger partial charge in [0, 0.05) is 11.6 Å². The predicted molar refractivity (Wildman–Crippen MR) is 77.3 cm³/mol. The normalized spacial score (nSPS) is 12.2. The molecule has 2 aromatic carbocycles. The molecule has 2 nitrogen and oxygen atoms in total. The van der Waals surface area contributed by atoms with Crippen molar-refractivity contribution in [3.63, 3.8) is 0 Å². The average Bonchev–Trinajstić information content (AvgIpc) is 2.40. The van der Waals surface area contributed by atoms with E-state index in [1.54, 1.807) is 13.0 Å². The molecule has 0 radical (unpaired) electrons. The molecule has 0 bridgehead atoms. The Bertz CT molecular complexity index is 606. The van der Waals surface area contributed by atoms with Gasteiger partial charge in [0.2, 0.25) is 0 Å². The summed E-state index contributed by atoms with van der Waals surface area (Å²) in [6.07, 6.45) is -0.689. The Labute approximate surface area is 118 Å². The first kappa shape index (κ1) is 14.5. The number of rotatable bonds is 4. The monoisotopic (exact) mass is 274 g/mol. The molecule has 3 heteroatoms. The van der Waals surface area contributed by atoms with Gasteiger partial charge in [-0.05, 0) is 49.6 Å². The van der Waals surface area contributed by atoms with Crippen LogP contribution in [0.2, 0.25) is 0 Å². The lowest BCUT2D eigenvalue weighted by molar-refractivity contribution is 0.190. The van der Waals surface area contributed by atoms with Gasteiger partial charge in [-0.25, -0.2) is 4.39 Å². The third-order valence-electron chi connectivity index (χ3n) is 3.39. The first-order valence-corrected chi connectivity index (χ1v) is 6.64. The van der Waals surface area contributed by atoms with Crippen LogP contribution in [0.25, 0.3) is 0 Å². The Kier molecular flexibility index (Phi) is 4.40. The number of aliphatic hydroxyl groups excluding tert-OH is 1. The Morgan fingerprint density at radius 2 is 1.85 bits per heavy atom. The van der Waals surface area contributed by atoms with Crippen LogP contribution in [0.3, 0.4) is 0 Å². The van der Waals surface area contributed by atoms with Crippen molar-refractivity contribution in [2.24, 2.45) is 0 Å². The van der Waals surface area contributed by atoms with Gasteiger partial charge in [0.25, 0.3) is 0 Å². The number of hydrogen-bond acceptors (Lipinski definition) is 2. The van der Waals surface area contributed by atoms with E-state index in [1.165, 1.54) is 23.3 Å². The minimum absolute atomic E-state index is 0.351. The van der Waals surface area contributed by atoms with Crippen molar-refractivity contribution in [1.29, 1.82) is 0 Å². The van der Waals surface area contributed by atoms with Crippen LogP contribution < -0.4 is 4.74 Å². The zero-order valence-electron chi connectivity index (χ0n) is 12.0. The second-order valence-corrected chi connectivity index (χ2v) is 5.07. The smallest absolute Gasteiger partial charge is 0.128 e. The largest absolute Gasteiger partial charge is 0.488 e. The van der Waals surface area contributed by atoms with Crippen molar-refractivity contribution in [3.05, 3.63) is 64.5 Å². The van der Waals surface area contributed by atoms with E-state index in [0.717, 1.165) is 5.56 Å². The van der Waals surface area contributed by atoms with Crippen molar-refractivity contribution in [2.45, 2.75) is 33.5 Å². The Hall–Kier alpha value is -1.87. The van der Waals surface area contributed by atoms with Crippen molar-refractivity contribution in [2.75, 3.05) is 0 Å². The highest BCUT2D eigenvalue weighted by Crippen LogP contribution is 2.27. The molecule has 20 heavy (non-hydrogen) atoms.